The van der Waals surface area contributed by atoms with Crippen LogP contribution in [0.5, 0.6) is 5.75 Å². The maximum atomic E-state index is 12.8. The van der Waals surface area contributed by atoms with E-state index in [1.165, 1.54) is 12.1 Å². The Kier molecular flexibility index (Phi) is 6.10. The first-order chi connectivity index (χ1) is 12.6. The molecule has 0 aliphatic heterocycles. The van der Waals surface area contributed by atoms with Crippen molar-refractivity contribution in [2.45, 2.75) is 6.61 Å². The van der Waals surface area contributed by atoms with Gasteiger partial charge in [0.15, 0.2) is 0 Å². The summed E-state index contributed by atoms with van der Waals surface area (Å²) in [7, 11) is 0. The Bertz CT molecular complexity index is 876. The van der Waals surface area contributed by atoms with Crippen LogP contribution in [0.3, 0.4) is 0 Å². The van der Waals surface area contributed by atoms with E-state index in [2.05, 4.69) is 10.5 Å². The largest absolute Gasteiger partial charge is 0.489 e. The maximum absolute atomic E-state index is 12.8. The topological polar surface area (TPSA) is 33.6 Å². The average molecular weight is 389 g/mol. The third-order valence-corrected chi connectivity index (χ3v) is 4.28. The number of anilines is 1. The summed E-state index contributed by atoms with van der Waals surface area (Å²) in [5.74, 6) is 0.415. The molecule has 0 spiro atoms. The summed E-state index contributed by atoms with van der Waals surface area (Å²) in [4.78, 5) is 0. The van der Waals surface area contributed by atoms with Gasteiger partial charge in [-0.25, -0.2) is 4.39 Å². The SMILES string of the molecule is Fc1ccc(NN=Cc2ccc(OCc3c(Cl)cccc3Cl)cc2)cc1. The molecule has 3 aromatic rings. The second-order valence-corrected chi connectivity index (χ2v) is 6.25. The molecule has 0 saturated heterocycles. The summed E-state index contributed by atoms with van der Waals surface area (Å²) >= 11 is 12.3. The van der Waals surface area contributed by atoms with E-state index in [4.69, 9.17) is 27.9 Å². The van der Waals surface area contributed by atoms with Crippen LogP contribution in [0.4, 0.5) is 10.1 Å². The molecule has 26 heavy (non-hydrogen) atoms. The number of halogens is 3. The van der Waals surface area contributed by atoms with Crippen molar-refractivity contribution in [3.63, 3.8) is 0 Å². The summed E-state index contributed by atoms with van der Waals surface area (Å²) in [6.45, 7) is 0.290. The second-order valence-electron chi connectivity index (χ2n) is 5.43. The van der Waals surface area contributed by atoms with Gasteiger partial charge in [0.25, 0.3) is 0 Å². The molecule has 132 valence electrons. The van der Waals surface area contributed by atoms with E-state index >= 15 is 0 Å². The summed E-state index contributed by atoms with van der Waals surface area (Å²) in [5.41, 5.74) is 5.19. The summed E-state index contributed by atoms with van der Waals surface area (Å²) in [6.07, 6.45) is 1.66. The number of rotatable bonds is 6. The Hall–Kier alpha value is -2.56. The second kappa shape index (κ2) is 8.70. The van der Waals surface area contributed by atoms with Gasteiger partial charge in [0, 0.05) is 15.6 Å². The van der Waals surface area contributed by atoms with Crippen molar-refractivity contribution in [1.29, 1.82) is 0 Å². The monoisotopic (exact) mass is 388 g/mol. The van der Waals surface area contributed by atoms with E-state index in [1.807, 2.05) is 24.3 Å². The predicted molar refractivity (Wildman–Crippen MR) is 105 cm³/mol. The smallest absolute Gasteiger partial charge is 0.123 e. The lowest BCUT2D eigenvalue weighted by atomic mass is 10.2. The van der Waals surface area contributed by atoms with Gasteiger partial charge in [-0.3, -0.25) is 5.43 Å². The molecule has 0 aliphatic rings. The molecule has 0 aliphatic carbocycles. The van der Waals surface area contributed by atoms with Gasteiger partial charge in [-0.15, -0.1) is 0 Å². The fourth-order valence-electron chi connectivity index (χ4n) is 2.18. The van der Waals surface area contributed by atoms with E-state index in [0.29, 0.717) is 21.5 Å². The van der Waals surface area contributed by atoms with Gasteiger partial charge in [0.1, 0.15) is 18.2 Å². The number of hydrogen-bond acceptors (Lipinski definition) is 3. The van der Waals surface area contributed by atoms with Crippen molar-refractivity contribution in [3.05, 3.63) is 93.7 Å². The fraction of sp³-hybridized carbons (Fsp3) is 0.0500. The van der Waals surface area contributed by atoms with Crippen molar-refractivity contribution in [3.8, 4) is 5.75 Å². The molecule has 0 unspecified atom stereocenters. The molecule has 1 N–H and O–H groups in total. The van der Waals surface area contributed by atoms with Gasteiger partial charge in [-0.2, -0.15) is 5.10 Å². The van der Waals surface area contributed by atoms with Gasteiger partial charge in [-0.1, -0.05) is 29.3 Å². The standard InChI is InChI=1S/C20H15Cl2FN2O/c21-19-2-1-3-20(22)18(19)13-26-17-10-4-14(5-11-17)12-24-25-16-8-6-15(23)7-9-16/h1-12,25H,13H2. The minimum Gasteiger partial charge on any atom is -0.489 e. The van der Waals surface area contributed by atoms with Crippen LogP contribution in [0.15, 0.2) is 71.8 Å². The van der Waals surface area contributed by atoms with Crippen molar-refractivity contribution in [2.75, 3.05) is 5.43 Å². The van der Waals surface area contributed by atoms with E-state index in [-0.39, 0.29) is 12.4 Å². The van der Waals surface area contributed by atoms with Crippen LogP contribution in [0.25, 0.3) is 0 Å². The van der Waals surface area contributed by atoms with Crippen LogP contribution >= 0.6 is 23.2 Å². The number of hydrogen-bond donors (Lipinski definition) is 1. The molecule has 0 aromatic heterocycles. The van der Waals surface area contributed by atoms with Crippen molar-refractivity contribution < 1.29 is 9.13 Å². The van der Waals surface area contributed by atoms with Crippen LogP contribution in [-0.4, -0.2) is 6.21 Å². The lowest BCUT2D eigenvalue weighted by Gasteiger charge is -2.09. The normalized spacial score (nSPS) is 10.9. The molecular formula is C20H15Cl2FN2O. The molecule has 0 amide bonds. The lowest BCUT2D eigenvalue weighted by Crippen LogP contribution is -1.97. The number of nitrogens with zero attached hydrogens (tertiary/aromatic N) is 1. The molecule has 0 saturated carbocycles. The van der Waals surface area contributed by atoms with E-state index in [1.54, 1.807) is 36.5 Å². The first-order valence-electron chi connectivity index (χ1n) is 7.82. The molecule has 0 fully saturated rings. The van der Waals surface area contributed by atoms with Crippen molar-refractivity contribution >= 4 is 35.1 Å². The van der Waals surface area contributed by atoms with Crippen LogP contribution in [-0.2, 0) is 6.61 Å². The molecule has 3 rings (SSSR count). The van der Waals surface area contributed by atoms with E-state index < -0.39 is 0 Å². The molecule has 3 aromatic carbocycles. The number of hydrazone groups is 1. The van der Waals surface area contributed by atoms with Gasteiger partial charge < -0.3 is 4.74 Å². The fourth-order valence-corrected chi connectivity index (χ4v) is 2.69. The zero-order valence-corrected chi connectivity index (χ0v) is 15.1. The minimum atomic E-state index is -0.284. The minimum absolute atomic E-state index is 0.284. The van der Waals surface area contributed by atoms with Gasteiger partial charge in [-0.05, 0) is 66.2 Å². The quantitative estimate of drug-likeness (QED) is 0.405. The number of nitrogens with one attached hydrogen (secondary N) is 1. The zero-order valence-electron chi connectivity index (χ0n) is 13.6. The molecule has 0 bridgehead atoms. The molecular weight excluding hydrogens is 374 g/mol. The van der Waals surface area contributed by atoms with Gasteiger partial charge >= 0.3 is 0 Å². The first-order valence-corrected chi connectivity index (χ1v) is 8.58. The third-order valence-electron chi connectivity index (χ3n) is 3.58. The molecule has 0 atom stereocenters. The summed E-state index contributed by atoms with van der Waals surface area (Å²) in [5, 5.41) is 5.27. The van der Waals surface area contributed by atoms with Crippen LogP contribution in [0.1, 0.15) is 11.1 Å². The molecule has 6 heteroatoms. The van der Waals surface area contributed by atoms with Crippen LogP contribution in [0.2, 0.25) is 10.0 Å². The Labute approximate surface area is 161 Å². The highest BCUT2D eigenvalue weighted by atomic mass is 35.5. The first kappa shape index (κ1) is 18.2. The zero-order chi connectivity index (χ0) is 18.4. The van der Waals surface area contributed by atoms with Crippen LogP contribution < -0.4 is 10.2 Å². The highest BCUT2D eigenvalue weighted by Gasteiger charge is 2.06. The number of benzene rings is 3. The average Bonchev–Trinajstić information content (AvgIpc) is 2.64. The van der Waals surface area contributed by atoms with Crippen molar-refractivity contribution in [1.82, 2.24) is 0 Å². The van der Waals surface area contributed by atoms with Crippen molar-refractivity contribution in [2.24, 2.45) is 5.10 Å². The Morgan fingerprint density at radius 1 is 0.923 bits per heavy atom. The Balaban J connectivity index is 1.56. The lowest BCUT2D eigenvalue weighted by molar-refractivity contribution is 0.306. The van der Waals surface area contributed by atoms with Crippen LogP contribution in [0, 0.1) is 5.82 Å². The van der Waals surface area contributed by atoms with E-state index in [0.717, 1.165) is 11.1 Å². The Morgan fingerprint density at radius 3 is 2.23 bits per heavy atom. The highest BCUT2D eigenvalue weighted by Crippen LogP contribution is 2.25. The van der Waals surface area contributed by atoms with Gasteiger partial charge in [0.2, 0.25) is 0 Å². The molecule has 3 nitrogen and oxygen atoms in total. The third kappa shape index (κ3) is 4.97. The van der Waals surface area contributed by atoms with E-state index in [9.17, 15) is 4.39 Å². The highest BCUT2D eigenvalue weighted by molar-refractivity contribution is 6.35. The summed E-state index contributed by atoms with van der Waals surface area (Å²) in [6, 6.07) is 18.7. The maximum Gasteiger partial charge on any atom is 0.123 e. The number of ether oxygens (including phenoxy) is 1. The predicted octanol–water partition coefficient (Wildman–Crippen LogP) is 6.16. The summed E-state index contributed by atoms with van der Waals surface area (Å²) < 4.78 is 18.6. The Morgan fingerprint density at radius 2 is 1.58 bits per heavy atom. The molecule has 0 radical (unpaired) electrons. The molecule has 0 heterocycles. The van der Waals surface area contributed by atoms with Gasteiger partial charge in [0.05, 0.1) is 11.9 Å².